The molecule has 2 heterocycles. The molecule has 1 atom stereocenters. The largest absolute Gasteiger partial charge is 0.472 e. The molecule has 1 aromatic heterocycles. The smallest absolute Gasteiger partial charge is 0.246 e. The van der Waals surface area contributed by atoms with Gasteiger partial charge in [0.1, 0.15) is 6.04 Å². The molecule has 0 bridgehead atoms. The van der Waals surface area contributed by atoms with Gasteiger partial charge in [0.15, 0.2) is 0 Å². The monoisotopic (exact) mass is 236 g/mol. The Morgan fingerprint density at radius 2 is 2.29 bits per heavy atom. The van der Waals surface area contributed by atoms with Crippen molar-refractivity contribution in [2.45, 2.75) is 26.4 Å². The average Bonchev–Trinajstić information content (AvgIpc) is 2.75. The van der Waals surface area contributed by atoms with Gasteiger partial charge in [0.05, 0.1) is 19.1 Å². The molecule has 0 aromatic carbocycles. The minimum Gasteiger partial charge on any atom is -0.472 e. The van der Waals surface area contributed by atoms with Gasteiger partial charge in [-0.15, -0.1) is 0 Å². The number of carbonyl (C=O) groups excluding carboxylic acids is 2. The first-order valence-corrected chi connectivity index (χ1v) is 5.67. The predicted molar refractivity (Wildman–Crippen MR) is 60.9 cm³/mol. The van der Waals surface area contributed by atoms with Crippen LogP contribution in [0.4, 0.5) is 0 Å². The maximum Gasteiger partial charge on any atom is 0.246 e. The Morgan fingerprint density at radius 1 is 1.53 bits per heavy atom. The second-order valence-electron chi connectivity index (χ2n) is 4.62. The van der Waals surface area contributed by atoms with Crippen LogP contribution < -0.4 is 5.32 Å². The minimum absolute atomic E-state index is 0.0270. The highest BCUT2D eigenvalue weighted by Crippen LogP contribution is 2.14. The summed E-state index contributed by atoms with van der Waals surface area (Å²) < 4.78 is 4.95. The molecule has 1 fully saturated rings. The Balaban J connectivity index is 2.10. The molecular weight excluding hydrogens is 220 g/mol. The Morgan fingerprint density at radius 3 is 2.88 bits per heavy atom. The zero-order valence-electron chi connectivity index (χ0n) is 9.97. The van der Waals surface area contributed by atoms with E-state index in [0.29, 0.717) is 6.54 Å². The molecule has 0 radical (unpaired) electrons. The van der Waals surface area contributed by atoms with Crippen molar-refractivity contribution in [3.8, 4) is 0 Å². The Kier molecular flexibility index (Phi) is 3.17. The normalized spacial score (nSPS) is 20.9. The number of piperazine rings is 1. The standard InChI is InChI=1S/C12H16N2O3/c1-8(2)11-12(16)14(6-10(15)13-11)5-9-3-4-17-7-9/h3-4,7-8,11H,5-6H2,1-2H3,(H,13,15). The third-order valence-electron chi connectivity index (χ3n) is 2.85. The van der Waals surface area contributed by atoms with E-state index in [1.165, 1.54) is 0 Å². The third kappa shape index (κ3) is 2.49. The molecule has 0 spiro atoms. The molecule has 1 aliphatic rings. The van der Waals surface area contributed by atoms with Crippen LogP contribution in [0.15, 0.2) is 23.0 Å². The zero-order valence-corrected chi connectivity index (χ0v) is 9.97. The Bertz CT molecular complexity index is 411. The van der Waals surface area contributed by atoms with E-state index in [9.17, 15) is 9.59 Å². The number of nitrogens with one attached hydrogen (secondary N) is 1. The van der Waals surface area contributed by atoms with E-state index >= 15 is 0 Å². The summed E-state index contributed by atoms with van der Waals surface area (Å²) in [5.74, 6) is -0.0359. The average molecular weight is 236 g/mol. The molecule has 17 heavy (non-hydrogen) atoms. The molecule has 1 saturated heterocycles. The first-order chi connectivity index (χ1) is 8.08. The highest BCUT2D eigenvalue weighted by atomic mass is 16.3. The third-order valence-corrected chi connectivity index (χ3v) is 2.85. The predicted octanol–water partition coefficient (Wildman–Crippen LogP) is 0.763. The first-order valence-electron chi connectivity index (χ1n) is 5.67. The highest BCUT2D eigenvalue weighted by molar-refractivity contribution is 5.94. The van der Waals surface area contributed by atoms with Gasteiger partial charge in [0.2, 0.25) is 11.8 Å². The van der Waals surface area contributed by atoms with Gasteiger partial charge in [0, 0.05) is 12.1 Å². The Hall–Kier alpha value is -1.78. The molecule has 5 nitrogen and oxygen atoms in total. The van der Waals surface area contributed by atoms with Crippen LogP contribution >= 0.6 is 0 Å². The lowest BCUT2D eigenvalue weighted by Crippen LogP contribution is -2.59. The van der Waals surface area contributed by atoms with E-state index in [2.05, 4.69) is 5.32 Å². The van der Waals surface area contributed by atoms with Crippen molar-refractivity contribution in [2.75, 3.05) is 6.54 Å². The van der Waals surface area contributed by atoms with Crippen LogP contribution in [0.5, 0.6) is 0 Å². The van der Waals surface area contributed by atoms with Crippen molar-refractivity contribution in [3.63, 3.8) is 0 Å². The number of carbonyl (C=O) groups is 2. The van der Waals surface area contributed by atoms with Crippen molar-refractivity contribution in [1.82, 2.24) is 10.2 Å². The molecule has 1 aliphatic heterocycles. The summed E-state index contributed by atoms with van der Waals surface area (Å²) in [7, 11) is 0. The second kappa shape index (κ2) is 4.61. The number of amides is 2. The molecule has 92 valence electrons. The SMILES string of the molecule is CC(C)C1NC(=O)CN(Cc2ccoc2)C1=O. The lowest BCUT2D eigenvalue weighted by atomic mass is 10.0. The van der Waals surface area contributed by atoms with Gasteiger partial charge in [-0.05, 0) is 12.0 Å². The summed E-state index contributed by atoms with van der Waals surface area (Å²) in [6, 6.07) is 1.38. The fourth-order valence-corrected chi connectivity index (χ4v) is 1.92. The molecule has 5 heteroatoms. The van der Waals surface area contributed by atoms with Crippen molar-refractivity contribution in [1.29, 1.82) is 0 Å². The maximum atomic E-state index is 12.1. The van der Waals surface area contributed by atoms with E-state index in [-0.39, 0.29) is 24.3 Å². The van der Waals surface area contributed by atoms with Gasteiger partial charge >= 0.3 is 0 Å². The molecule has 1 unspecified atom stereocenters. The van der Waals surface area contributed by atoms with Gasteiger partial charge in [-0.3, -0.25) is 9.59 Å². The van der Waals surface area contributed by atoms with E-state index < -0.39 is 6.04 Å². The summed E-state index contributed by atoms with van der Waals surface area (Å²) in [5, 5.41) is 2.72. The zero-order chi connectivity index (χ0) is 12.4. The summed E-state index contributed by atoms with van der Waals surface area (Å²) in [6.07, 6.45) is 3.15. The molecular formula is C12H16N2O3. The minimum atomic E-state index is -0.414. The second-order valence-corrected chi connectivity index (χ2v) is 4.62. The van der Waals surface area contributed by atoms with Crippen LogP contribution in [0, 0.1) is 5.92 Å². The van der Waals surface area contributed by atoms with Crippen LogP contribution in [0.2, 0.25) is 0 Å². The molecule has 0 saturated carbocycles. The summed E-state index contributed by atoms with van der Waals surface area (Å²) >= 11 is 0. The molecule has 1 aromatic rings. The maximum absolute atomic E-state index is 12.1. The van der Waals surface area contributed by atoms with Crippen LogP contribution in [0.25, 0.3) is 0 Å². The van der Waals surface area contributed by atoms with E-state index in [0.717, 1.165) is 5.56 Å². The summed E-state index contributed by atoms with van der Waals surface area (Å²) in [6.45, 7) is 4.38. The summed E-state index contributed by atoms with van der Waals surface area (Å²) in [4.78, 5) is 25.2. The van der Waals surface area contributed by atoms with E-state index in [1.54, 1.807) is 23.5 Å². The van der Waals surface area contributed by atoms with Gasteiger partial charge < -0.3 is 14.6 Å². The van der Waals surface area contributed by atoms with Crippen molar-refractivity contribution < 1.29 is 14.0 Å². The van der Waals surface area contributed by atoms with Gasteiger partial charge in [-0.25, -0.2) is 0 Å². The molecule has 0 aliphatic carbocycles. The number of rotatable bonds is 3. The summed E-state index contributed by atoms with van der Waals surface area (Å²) in [5.41, 5.74) is 0.899. The van der Waals surface area contributed by atoms with Gasteiger partial charge in [-0.1, -0.05) is 13.8 Å². The van der Waals surface area contributed by atoms with Crippen LogP contribution in [0.3, 0.4) is 0 Å². The molecule has 1 N–H and O–H groups in total. The van der Waals surface area contributed by atoms with Crippen molar-refractivity contribution >= 4 is 11.8 Å². The number of nitrogens with zero attached hydrogens (tertiary/aromatic N) is 1. The first kappa shape index (κ1) is 11.7. The van der Waals surface area contributed by atoms with Crippen LogP contribution in [-0.2, 0) is 16.1 Å². The Labute approximate surface area is 99.8 Å². The topological polar surface area (TPSA) is 62.6 Å². The number of furan rings is 1. The van der Waals surface area contributed by atoms with Gasteiger partial charge in [0.25, 0.3) is 0 Å². The number of hydrogen-bond acceptors (Lipinski definition) is 3. The fraction of sp³-hybridized carbons (Fsp3) is 0.500. The van der Waals surface area contributed by atoms with E-state index in [1.807, 2.05) is 13.8 Å². The van der Waals surface area contributed by atoms with Crippen LogP contribution in [-0.4, -0.2) is 29.3 Å². The van der Waals surface area contributed by atoms with E-state index in [4.69, 9.17) is 4.42 Å². The van der Waals surface area contributed by atoms with Crippen LogP contribution in [0.1, 0.15) is 19.4 Å². The van der Waals surface area contributed by atoms with Crippen molar-refractivity contribution in [2.24, 2.45) is 5.92 Å². The quantitative estimate of drug-likeness (QED) is 0.842. The lowest BCUT2D eigenvalue weighted by Gasteiger charge is -2.34. The number of hydrogen-bond donors (Lipinski definition) is 1. The molecule has 2 rings (SSSR count). The van der Waals surface area contributed by atoms with Gasteiger partial charge in [-0.2, -0.15) is 0 Å². The molecule has 2 amide bonds. The van der Waals surface area contributed by atoms with Crippen molar-refractivity contribution in [3.05, 3.63) is 24.2 Å². The highest BCUT2D eigenvalue weighted by Gasteiger charge is 2.34. The fourth-order valence-electron chi connectivity index (χ4n) is 1.92. The lowest BCUT2D eigenvalue weighted by molar-refractivity contribution is -0.146.